The number of aliphatic hydroxyl groups is 1. The zero-order valence-electron chi connectivity index (χ0n) is 4.17. The minimum absolute atomic E-state index is 0.530. The minimum atomic E-state index is -0.530. The van der Waals surface area contributed by atoms with E-state index in [1.54, 1.807) is 6.42 Å². The van der Waals surface area contributed by atoms with E-state index >= 15 is 0 Å². The van der Waals surface area contributed by atoms with Crippen molar-refractivity contribution in [1.82, 2.24) is 0 Å². The maximum atomic E-state index is 8.61. The molecule has 39 valence electrons. The molecule has 0 aromatic carbocycles. The van der Waals surface area contributed by atoms with E-state index in [0.717, 1.165) is 0 Å². The second kappa shape index (κ2) is 3.62. The fourth-order valence-corrected chi connectivity index (χ4v) is 0.218. The Balaban J connectivity index is 3.15. The Morgan fingerprint density at radius 3 is 2.14 bits per heavy atom. The third kappa shape index (κ3) is 3.27. The maximum Gasteiger partial charge on any atom is 0.0787 e. The molecule has 0 bridgehead atoms. The smallest absolute Gasteiger partial charge is 0.0787 e. The summed E-state index contributed by atoms with van der Waals surface area (Å²) in [7, 11) is 0. The van der Waals surface area contributed by atoms with Crippen LogP contribution < -0.4 is 0 Å². The predicted octanol–water partition coefficient (Wildman–Crippen LogP) is 0.924. The van der Waals surface area contributed by atoms with Crippen molar-refractivity contribution >= 4 is 0 Å². The van der Waals surface area contributed by atoms with Crippen LogP contribution in [0.5, 0.6) is 0 Å². The molecule has 1 radical (unpaired) electrons. The van der Waals surface area contributed by atoms with Gasteiger partial charge in [0.2, 0.25) is 0 Å². The van der Waals surface area contributed by atoms with Gasteiger partial charge in [0, 0.05) is 6.42 Å². The van der Waals surface area contributed by atoms with Crippen LogP contribution in [-0.4, -0.2) is 11.2 Å². The van der Waals surface area contributed by atoms with Crippen molar-refractivity contribution in [3.63, 3.8) is 0 Å². The fraction of sp³-hybridized carbons (Fsp3) is 0.167. The SMILES string of the molecule is C=C[CH]C(O)C=C. The molecule has 1 nitrogen and oxygen atoms in total. The van der Waals surface area contributed by atoms with E-state index in [2.05, 4.69) is 13.2 Å². The zero-order chi connectivity index (χ0) is 5.70. The molecular formula is C6H9O. The Kier molecular flexibility index (Phi) is 3.33. The molecule has 0 aromatic heterocycles. The lowest BCUT2D eigenvalue weighted by Gasteiger charge is -1.94. The highest BCUT2D eigenvalue weighted by Crippen LogP contribution is 1.88. The van der Waals surface area contributed by atoms with Gasteiger partial charge in [-0.25, -0.2) is 0 Å². The molecule has 0 aliphatic heterocycles. The van der Waals surface area contributed by atoms with Gasteiger partial charge in [-0.2, -0.15) is 0 Å². The van der Waals surface area contributed by atoms with Crippen molar-refractivity contribution in [2.24, 2.45) is 0 Å². The number of hydrogen-bond acceptors (Lipinski definition) is 1. The van der Waals surface area contributed by atoms with Crippen LogP contribution in [0.2, 0.25) is 0 Å². The zero-order valence-corrected chi connectivity index (χ0v) is 4.17. The van der Waals surface area contributed by atoms with Crippen LogP contribution in [0.1, 0.15) is 0 Å². The van der Waals surface area contributed by atoms with Gasteiger partial charge in [0.1, 0.15) is 0 Å². The first kappa shape index (κ1) is 6.44. The van der Waals surface area contributed by atoms with E-state index in [1.165, 1.54) is 12.2 Å². The van der Waals surface area contributed by atoms with Gasteiger partial charge in [-0.1, -0.05) is 12.2 Å². The largest absolute Gasteiger partial charge is 0.388 e. The van der Waals surface area contributed by atoms with E-state index < -0.39 is 6.10 Å². The van der Waals surface area contributed by atoms with Crippen LogP contribution in [-0.2, 0) is 0 Å². The maximum absolute atomic E-state index is 8.61. The molecule has 0 amide bonds. The standard InChI is InChI=1S/C6H9O/c1-3-5-6(7)4-2/h3-7H,1-2H2. The second-order valence-corrected chi connectivity index (χ2v) is 1.15. The second-order valence-electron chi connectivity index (χ2n) is 1.15. The molecule has 0 aromatic rings. The van der Waals surface area contributed by atoms with Crippen LogP contribution in [0, 0.1) is 6.42 Å². The van der Waals surface area contributed by atoms with E-state index in [1.807, 2.05) is 0 Å². The quantitative estimate of drug-likeness (QED) is 0.519. The molecule has 1 heteroatoms. The van der Waals surface area contributed by atoms with Gasteiger partial charge in [-0.3, -0.25) is 0 Å². The highest BCUT2D eigenvalue weighted by Gasteiger charge is 1.89. The first-order chi connectivity index (χ1) is 3.31. The Hall–Kier alpha value is -0.560. The average Bonchev–Trinajstić information content (AvgIpc) is 1.68. The van der Waals surface area contributed by atoms with Crippen molar-refractivity contribution in [3.05, 3.63) is 31.7 Å². The summed E-state index contributed by atoms with van der Waals surface area (Å²) in [5, 5.41) is 8.61. The van der Waals surface area contributed by atoms with Gasteiger partial charge < -0.3 is 5.11 Å². The molecule has 0 saturated carbocycles. The lowest BCUT2D eigenvalue weighted by Crippen LogP contribution is -1.98. The highest BCUT2D eigenvalue weighted by molar-refractivity contribution is 5.00. The fourth-order valence-electron chi connectivity index (χ4n) is 0.218. The van der Waals surface area contributed by atoms with Crippen LogP contribution in [0.15, 0.2) is 25.3 Å². The predicted molar refractivity (Wildman–Crippen MR) is 30.7 cm³/mol. The molecule has 0 spiro atoms. The van der Waals surface area contributed by atoms with Gasteiger partial charge >= 0.3 is 0 Å². The van der Waals surface area contributed by atoms with Crippen molar-refractivity contribution in [2.75, 3.05) is 0 Å². The molecule has 1 atom stereocenters. The molecular weight excluding hydrogens is 88.1 g/mol. The summed E-state index contributed by atoms with van der Waals surface area (Å²) >= 11 is 0. The summed E-state index contributed by atoms with van der Waals surface area (Å²) in [6.45, 7) is 6.74. The third-order valence-electron chi connectivity index (χ3n) is 0.575. The van der Waals surface area contributed by atoms with E-state index in [0.29, 0.717) is 0 Å². The molecule has 0 heterocycles. The van der Waals surface area contributed by atoms with Gasteiger partial charge in [0.15, 0.2) is 0 Å². The molecule has 7 heavy (non-hydrogen) atoms. The molecule has 0 aliphatic carbocycles. The van der Waals surface area contributed by atoms with Crippen LogP contribution in [0.3, 0.4) is 0 Å². The summed E-state index contributed by atoms with van der Waals surface area (Å²) in [5.74, 6) is 0. The summed E-state index contributed by atoms with van der Waals surface area (Å²) in [6, 6.07) is 0. The Bertz CT molecular complexity index is 66.6. The van der Waals surface area contributed by atoms with E-state index in [-0.39, 0.29) is 0 Å². The first-order valence-corrected chi connectivity index (χ1v) is 2.07. The normalized spacial score (nSPS) is 12.7. The minimum Gasteiger partial charge on any atom is -0.388 e. The molecule has 1 unspecified atom stereocenters. The number of hydrogen-bond donors (Lipinski definition) is 1. The number of aliphatic hydroxyl groups excluding tert-OH is 1. The summed E-state index contributed by atoms with van der Waals surface area (Å²) < 4.78 is 0. The van der Waals surface area contributed by atoms with Crippen LogP contribution in [0.4, 0.5) is 0 Å². The van der Waals surface area contributed by atoms with Crippen molar-refractivity contribution in [1.29, 1.82) is 0 Å². The molecule has 0 rings (SSSR count). The van der Waals surface area contributed by atoms with Gasteiger partial charge in [-0.15, -0.1) is 13.2 Å². The van der Waals surface area contributed by atoms with Crippen LogP contribution >= 0.6 is 0 Å². The third-order valence-corrected chi connectivity index (χ3v) is 0.575. The number of rotatable bonds is 3. The van der Waals surface area contributed by atoms with Crippen molar-refractivity contribution in [2.45, 2.75) is 6.10 Å². The molecule has 0 saturated heterocycles. The lowest BCUT2D eigenvalue weighted by molar-refractivity contribution is 0.260. The first-order valence-electron chi connectivity index (χ1n) is 2.07. The topological polar surface area (TPSA) is 20.2 Å². The molecule has 0 aliphatic rings. The van der Waals surface area contributed by atoms with Gasteiger partial charge in [0.05, 0.1) is 6.10 Å². The summed E-state index contributed by atoms with van der Waals surface area (Å²) in [4.78, 5) is 0. The Labute approximate surface area is 44.0 Å². The van der Waals surface area contributed by atoms with Crippen molar-refractivity contribution < 1.29 is 5.11 Å². The monoisotopic (exact) mass is 97.1 g/mol. The summed E-state index contributed by atoms with van der Waals surface area (Å²) in [5.41, 5.74) is 0. The van der Waals surface area contributed by atoms with Crippen LogP contribution in [0.25, 0.3) is 0 Å². The molecule has 1 N–H and O–H groups in total. The van der Waals surface area contributed by atoms with E-state index in [9.17, 15) is 0 Å². The Morgan fingerprint density at radius 2 is 2.00 bits per heavy atom. The van der Waals surface area contributed by atoms with E-state index in [4.69, 9.17) is 5.11 Å². The van der Waals surface area contributed by atoms with Crippen molar-refractivity contribution in [3.8, 4) is 0 Å². The lowest BCUT2D eigenvalue weighted by atomic mass is 10.2. The summed E-state index contributed by atoms with van der Waals surface area (Å²) in [6.07, 6.45) is 3.98. The Morgan fingerprint density at radius 1 is 1.43 bits per heavy atom. The highest BCUT2D eigenvalue weighted by atomic mass is 16.3. The molecule has 0 fully saturated rings. The van der Waals surface area contributed by atoms with Gasteiger partial charge in [-0.05, 0) is 0 Å². The van der Waals surface area contributed by atoms with Gasteiger partial charge in [0.25, 0.3) is 0 Å². The average molecular weight is 97.1 g/mol.